The maximum atomic E-state index is 13.4. The monoisotopic (exact) mass is 289 g/mol. The fraction of sp³-hybridized carbons (Fsp3) is 0.364. The first-order valence-electron chi connectivity index (χ1n) is 5.64. The number of sulfonamides is 1. The van der Waals surface area contributed by atoms with E-state index in [2.05, 4.69) is 4.72 Å². The Hall–Kier alpha value is -1.51. The maximum absolute atomic E-state index is 13.4. The largest absolute Gasteiger partial charge is 0.370 e. The lowest BCUT2D eigenvalue weighted by molar-refractivity contribution is -0.118. The SMILES string of the molecule is NCc1c(F)cccc1S(=O)(=O)NCCCC(N)=O. The van der Waals surface area contributed by atoms with Crippen molar-refractivity contribution in [1.82, 2.24) is 4.72 Å². The molecule has 0 atom stereocenters. The lowest BCUT2D eigenvalue weighted by atomic mass is 10.2. The van der Waals surface area contributed by atoms with E-state index in [4.69, 9.17) is 11.5 Å². The van der Waals surface area contributed by atoms with Gasteiger partial charge in [0.2, 0.25) is 15.9 Å². The van der Waals surface area contributed by atoms with Crippen LogP contribution in [0.15, 0.2) is 23.1 Å². The molecule has 5 N–H and O–H groups in total. The Kier molecular flexibility index (Phi) is 5.40. The van der Waals surface area contributed by atoms with Crippen LogP contribution in [0.1, 0.15) is 18.4 Å². The van der Waals surface area contributed by atoms with Gasteiger partial charge in [0.05, 0.1) is 4.90 Å². The van der Waals surface area contributed by atoms with Crippen LogP contribution in [0.4, 0.5) is 4.39 Å². The quantitative estimate of drug-likeness (QED) is 0.604. The zero-order valence-corrected chi connectivity index (χ0v) is 11.0. The highest BCUT2D eigenvalue weighted by atomic mass is 32.2. The van der Waals surface area contributed by atoms with Gasteiger partial charge in [-0.05, 0) is 18.6 Å². The molecule has 1 amide bonds. The average Bonchev–Trinajstić information content (AvgIpc) is 2.34. The fourth-order valence-electron chi connectivity index (χ4n) is 1.54. The van der Waals surface area contributed by atoms with Crippen LogP contribution in [-0.4, -0.2) is 20.9 Å². The van der Waals surface area contributed by atoms with Crippen molar-refractivity contribution in [2.45, 2.75) is 24.3 Å². The van der Waals surface area contributed by atoms with Gasteiger partial charge in [-0.25, -0.2) is 17.5 Å². The molecule has 6 nitrogen and oxygen atoms in total. The number of nitrogens with two attached hydrogens (primary N) is 2. The van der Waals surface area contributed by atoms with Crippen LogP contribution in [0, 0.1) is 5.82 Å². The summed E-state index contributed by atoms with van der Waals surface area (Å²) in [5, 5.41) is 0. The van der Waals surface area contributed by atoms with E-state index in [0.29, 0.717) is 0 Å². The van der Waals surface area contributed by atoms with Crippen molar-refractivity contribution in [3.8, 4) is 0 Å². The second-order valence-corrected chi connectivity index (χ2v) is 5.62. The van der Waals surface area contributed by atoms with Crippen molar-refractivity contribution in [2.75, 3.05) is 6.54 Å². The van der Waals surface area contributed by atoms with Crippen LogP contribution in [0.3, 0.4) is 0 Å². The van der Waals surface area contributed by atoms with Gasteiger partial charge in [0.15, 0.2) is 0 Å². The molecule has 0 aliphatic rings. The van der Waals surface area contributed by atoms with Gasteiger partial charge in [-0.2, -0.15) is 0 Å². The summed E-state index contributed by atoms with van der Waals surface area (Å²) in [6.07, 6.45) is 0.358. The Bertz CT molecular complexity index is 560. The highest BCUT2D eigenvalue weighted by Gasteiger charge is 2.19. The number of nitrogens with one attached hydrogen (secondary N) is 1. The van der Waals surface area contributed by atoms with Crippen LogP contribution < -0.4 is 16.2 Å². The van der Waals surface area contributed by atoms with Gasteiger partial charge in [0.25, 0.3) is 0 Å². The highest BCUT2D eigenvalue weighted by molar-refractivity contribution is 7.89. The second kappa shape index (κ2) is 6.60. The molecule has 0 aliphatic heterocycles. The third-order valence-corrected chi connectivity index (χ3v) is 4.01. The Morgan fingerprint density at radius 1 is 1.37 bits per heavy atom. The summed E-state index contributed by atoms with van der Waals surface area (Å²) in [4.78, 5) is 10.3. The summed E-state index contributed by atoms with van der Waals surface area (Å²) in [5.74, 6) is -1.17. The molecular weight excluding hydrogens is 273 g/mol. The Morgan fingerprint density at radius 2 is 2.05 bits per heavy atom. The van der Waals surface area contributed by atoms with Crippen LogP contribution in [0.5, 0.6) is 0 Å². The molecule has 1 aromatic carbocycles. The number of carbonyl (C=O) groups excluding carboxylic acids is 1. The first kappa shape index (κ1) is 15.5. The smallest absolute Gasteiger partial charge is 0.240 e. The first-order chi connectivity index (χ1) is 8.88. The van der Waals surface area contributed by atoms with E-state index in [-0.39, 0.29) is 36.4 Å². The molecule has 19 heavy (non-hydrogen) atoms. The molecule has 0 saturated heterocycles. The van der Waals surface area contributed by atoms with Gasteiger partial charge >= 0.3 is 0 Å². The van der Waals surface area contributed by atoms with Crippen molar-refractivity contribution in [2.24, 2.45) is 11.5 Å². The number of hydrogen-bond acceptors (Lipinski definition) is 4. The second-order valence-electron chi connectivity index (χ2n) is 3.89. The van der Waals surface area contributed by atoms with E-state index in [0.717, 1.165) is 6.07 Å². The van der Waals surface area contributed by atoms with Crippen molar-refractivity contribution in [1.29, 1.82) is 0 Å². The molecule has 1 aromatic rings. The van der Waals surface area contributed by atoms with Crippen molar-refractivity contribution < 1.29 is 17.6 Å². The van der Waals surface area contributed by atoms with Crippen molar-refractivity contribution in [3.63, 3.8) is 0 Å². The minimum absolute atomic E-state index is 0.0474. The highest BCUT2D eigenvalue weighted by Crippen LogP contribution is 2.18. The van der Waals surface area contributed by atoms with E-state index in [1.54, 1.807) is 0 Å². The average molecular weight is 289 g/mol. The maximum Gasteiger partial charge on any atom is 0.240 e. The normalized spacial score (nSPS) is 11.5. The van der Waals surface area contributed by atoms with Crippen LogP contribution in [-0.2, 0) is 21.4 Å². The molecule has 0 aromatic heterocycles. The number of benzene rings is 1. The zero-order chi connectivity index (χ0) is 14.5. The fourth-order valence-corrected chi connectivity index (χ4v) is 2.87. The molecule has 1 rings (SSSR count). The molecule has 0 saturated carbocycles. The Labute approximate surface area is 111 Å². The molecule has 0 bridgehead atoms. The molecule has 0 heterocycles. The number of rotatable bonds is 7. The van der Waals surface area contributed by atoms with Gasteiger partial charge in [0.1, 0.15) is 5.82 Å². The molecule has 8 heteroatoms. The molecule has 0 fully saturated rings. The summed E-state index contributed by atoms with van der Waals surface area (Å²) < 4.78 is 39.6. The van der Waals surface area contributed by atoms with Gasteiger partial charge in [-0.1, -0.05) is 6.07 Å². The Morgan fingerprint density at radius 3 is 2.63 bits per heavy atom. The Balaban J connectivity index is 2.83. The first-order valence-corrected chi connectivity index (χ1v) is 7.12. The number of hydrogen-bond donors (Lipinski definition) is 3. The predicted octanol–water partition coefficient (Wildman–Crippen LogP) is -0.172. The third-order valence-electron chi connectivity index (χ3n) is 2.46. The van der Waals surface area contributed by atoms with Crippen molar-refractivity contribution >= 4 is 15.9 Å². The van der Waals surface area contributed by atoms with Gasteiger partial charge in [-0.15, -0.1) is 0 Å². The number of primary amides is 1. The minimum atomic E-state index is -3.85. The molecule has 106 valence electrons. The van der Waals surface area contributed by atoms with E-state index in [1.165, 1.54) is 12.1 Å². The predicted molar refractivity (Wildman–Crippen MR) is 67.9 cm³/mol. The summed E-state index contributed by atoms with van der Waals surface area (Å²) >= 11 is 0. The number of amides is 1. The third kappa shape index (κ3) is 4.27. The van der Waals surface area contributed by atoms with E-state index in [1.807, 2.05) is 0 Å². The number of carbonyl (C=O) groups is 1. The summed E-state index contributed by atoms with van der Waals surface area (Å²) in [7, 11) is -3.85. The van der Waals surface area contributed by atoms with E-state index >= 15 is 0 Å². The lowest BCUT2D eigenvalue weighted by Crippen LogP contribution is -2.27. The molecule has 0 radical (unpaired) electrons. The van der Waals surface area contributed by atoms with E-state index < -0.39 is 21.7 Å². The molecule has 0 unspecified atom stereocenters. The van der Waals surface area contributed by atoms with Gasteiger partial charge < -0.3 is 11.5 Å². The lowest BCUT2D eigenvalue weighted by Gasteiger charge is -2.10. The summed E-state index contributed by atoms with van der Waals surface area (Å²) in [6.45, 7) is -0.171. The topological polar surface area (TPSA) is 115 Å². The standard InChI is InChI=1S/C11H16FN3O3S/c12-9-3-1-4-10(8(9)7-13)19(17,18)15-6-2-5-11(14)16/h1,3-4,15H,2,5-7,13H2,(H2,14,16). The zero-order valence-electron chi connectivity index (χ0n) is 10.2. The molecular formula is C11H16FN3O3S. The number of halogens is 1. The van der Waals surface area contributed by atoms with Gasteiger partial charge in [0, 0.05) is 25.1 Å². The van der Waals surface area contributed by atoms with Crippen LogP contribution in [0.2, 0.25) is 0 Å². The molecule has 0 spiro atoms. The van der Waals surface area contributed by atoms with Crippen molar-refractivity contribution in [3.05, 3.63) is 29.6 Å². The van der Waals surface area contributed by atoms with Gasteiger partial charge in [-0.3, -0.25) is 4.79 Å². The van der Waals surface area contributed by atoms with Crippen LogP contribution in [0.25, 0.3) is 0 Å². The van der Waals surface area contributed by atoms with E-state index in [9.17, 15) is 17.6 Å². The summed E-state index contributed by atoms with van der Waals surface area (Å²) in [6, 6.07) is 3.72. The molecule has 0 aliphatic carbocycles. The summed E-state index contributed by atoms with van der Waals surface area (Å²) in [5.41, 5.74) is 10.2. The van der Waals surface area contributed by atoms with Crippen LogP contribution >= 0.6 is 0 Å². The minimum Gasteiger partial charge on any atom is -0.370 e.